The van der Waals surface area contributed by atoms with E-state index < -0.39 is 0 Å². The Hall–Kier alpha value is -13.4. The predicted molar refractivity (Wildman–Crippen MR) is 629 cm³/mol. The molecule has 6 heteroatoms. The number of benzene rings is 16. The van der Waals surface area contributed by atoms with Gasteiger partial charge in [0.2, 0.25) is 0 Å². The highest BCUT2D eigenvalue weighted by Crippen LogP contribution is 2.45. The Morgan fingerprint density at radius 1 is 0.214 bits per heavy atom. The van der Waals surface area contributed by atoms with Gasteiger partial charge in [-0.15, -0.1) is 0 Å². The summed E-state index contributed by atoms with van der Waals surface area (Å²) < 4.78 is 12.1. The topological polar surface area (TPSA) is 27.9 Å². The highest BCUT2D eigenvalue weighted by atomic mass is 15.2. The molecule has 0 bridgehead atoms. The van der Waals surface area contributed by atoms with Gasteiger partial charge in [-0.2, -0.15) is 0 Å². The van der Waals surface area contributed by atoms with Gasteiger partial charge in [0.05, 0.1) is 38.6 Å². The molecule has 0 aliphatic carbocycles. The van der Waals surface area contributed by atoms with Crippen molar-refractivity contribution in [3.05, 3.63) is 404 Å². The maximum Gasteiger partial charge on any atom is 0.0576 e. The largest absolute Gasteiger partial charge is 0.336 e. The molecule has 0 radical (unpaired) electrons. The lowest BCUT2D eigenvalue weighted by Crippen LogP contribution is -2.40. The standard InChI is InChI=1S/2C22H21N.C21H19N.C20H19N.C17H19N.C16H17N.8C2H6/c1-22(2,3)18-12-6-9-15-21(18)23-19-13-7-4-10-16(19)17-11-5-8-14-20(17)23;1-22(2,3)16-9-8-10-17(15-16)23-20-13-6-4-11-18(20)19-12-5-7-14-21(19)23;1-15(2)16-11-13-17(14-12-16)22-20-9-5-3-7-18(20)19-8-4-6-10-21(19)22;1-20(2,3)21-18-11-7-6-10-16(18)17-13-12-14-8-4-5-9-15(14)19(17)21;1-17(2,3)18-15-10-6-4-8-13(15)12-14-9-5-7-11-16(14)18;1-16(2,3)17-14-10-6-4-8-12(14)13-9-5-7-11-15(13)17;8*1-2/h2*4-15H,1-3H3;3-15H,1-2H3;4-13H,1-3H3;4-11H,12H2,1-3H3;4-11H,1-3H3;8*1-2H3. The van der Waals surface area contributed by atoms with Gasteiger partial charge in [-0.3, -0.25) is 0 Å². The molecule has 0 amide bonds. The second-order valence-electron chi connectivity index (χ2n) is 38.6. The molecule has 16 aromatic carbocycles. The lowest BCUT2D eigenvalue weighted by molar-refractivity contribution is 0.423. The van der Waals surface area contributed by atoms with Gasteiger partial charge in [0.1, 0.15) is 0 Å². The van der Waals surface area contributed by atoms with Crippen LogP contribution in [0, 0.1) is 0 Å². The Labute approximate surface area is 842 Å². The molecule has 1 aliphatic rings. The van der Waals surface area contributed by atoms with Crippen molar-refractivity contribution in [2.45, 2.75) is 268 Å². The monoisotopic (exact) mass is 1860 g/mol. The first-order valence-electron chi connectivity index (χ1n) is 52.2. The fourth-order valence-corrected chi connectivity index (χ4v) is 18.9. The smallest absolute Gasteiger partial charge is 0.0576 e. The van der Waals surface area contributed by atoms with Crippen molar-refractivity contribution in [1.82, 2.24) is 22.8 Å². The van der Waals surface area contributed by atoms with E-state index in [9.17, 15) is 0 Å². The van der Waals surface area contributed by atoms with Gasteiger partial charge in [-0.05, 0) is 209 Å². The Morgan fingerprint density at radius 2 is 0.507 bits per heavy atom. The molecule has 0 unspecified atom stereocenters. The molecule has 6 heterocycles. The number of rotatable bonds is 4. The highest BCUT2D eigenvalue weighted by Gasteiger charge is 2.31. The van der Waals surface area contributed by atoms with Crippen LogP contribution in [0.2, 0.25) is 0 Å². The number of fused-ring (bicyclic) bond motifs is 19. The summed E-state index contributed by atoms with van der Waals surface area (Å²) >= 11 is 0. The number of aromatic nitrogens is 5. The van der Waals surface area contributed by atoms with E-state index >= 15 is 0 Å². The summed E-state index contributed by atoms with van der Waals surface area (Å²) in [4.78, 5) is 2.46. The van der Waals surface area contributed by atoms with Crippen LogP contribution in [-0.2, 0) is 28.3 Å². The van der Waals surface area contributed by atoms with Crippen molar-refractivity contribution >= 4 is 131 Å². The average molecular weight is 1860 g/mol. The minimum Gasteiger partial charge on any atom is -0.336 e. The zero-order valence-corrected chi connectivity index (χ0v) is 91.3. The minimum atomic E-state index is 0.0471. The fourth-order valence-electron chi connectivity index (χ4n) is 18.9. The van der Waals surface area contributed by atoms with Crippen molar-refractivity contribution in [3.63, 3.8) is 0 Å². The van der Waals surface area contributed by atoms with Crippen molar-refractivity contribution in [1.29, 1.82) is 0 Å². The molecule has 21 aromatic rings. The molecule has 0 N–H and O–H groups in total. The summed E-state index contributed by atoms with van der Waals surface area (Å²) in [5.74, 6) is 0.562. The summed E-state index contributed by atoms with van der Waals surface area (Å²) in [6.45, 7) is 70.5. The number of para-hydroxylation sites is 12. The summed E-state index contributed by atoms with van der Waals surface area (Å²) in [7, 11) is 0. The Balaban J connectivity index is 0.000000183. The normalized spacial score (nSPS) is 11.3. The van der Waals surface area contributed by atoms with Crippen molar-refractivity contribution in [3.8, 4) is 17.1 Å². The van der Waals surface area contributed by atoms with E-state index in [1.54, 1.807) is 0 Å². The van der Waals surface area contributed by atoms with Crippen LogP contribution in [0.1, 0.15) is 262 Å². The third-order valence-electron chi connectivity index (χ3n) is 24.5. The van der Waals surface area contributed by atoms with E-state index in [-0.39, 0.29) is 27.4 Å². The Morgan fingerprint density at radius 3 is 0.857 bits per heavy atom. The van der Waals surface area contributed by atoms with E-state index in [1.165, 1.54) is 176 Å². The van der Waals surface area contributed by atoms with Crippen LogP contribution < -0.4 is 4.90 Å². The third kappa shape index (κ3) is 24.2. The molecule has 0 saturated heterocycles. The molecule has 140 heavy (non-hydrogen) atoms. The number of anilines is 2. The van der Waals surface area contributed by atoms with Crippen molar-refractivity contribution < 1.29 is 0 Å². The minimum absolute atomic E-state index is 0.0471. The van der Waals surface area contributed by atoms with Crippen LogP contribution in [0.3, 0.4) is 0 Å². The van der Waals surface area contributed by atoms with E-state index in [4.69, 9.17) is 0 Å². The average Bonchev–Trinajstić information content (AvgIpc) is 1.57. The highest BCUT2D eigenvalue weighted by molar-refractivity contribution is 6.18. The number of nitrogens with zero attached hydrogens (tertiary/aromatic N) is 6. The summed E-state index contributed by atoms with van der Waals surface area (Å²) in [5.41, 5.74) is 26.8. The molecule has 0 atom stereocenters. The van der Waals surface area contributed by atoms with Crippen LogP contribution in [0.4, 0.5) is 11.4 Å². The molecule has 5 aromatic heterocycles. The van der Waals surface area contributed by atoms with Gasteiger partial charge >= 0.3 is 0 Å². The molecule has 0 spiro atoms. The quantitative estimate of drug-likeness (QED) is 0.173. The molecule has 1 aliphatic heterocycles. The second kappa shape index (κ2) is 50.4. The molecule has 730 valence electrons. The van der Waals surface area contributed by atoms with Gasteiger partial charge in [0, 0.05) is 127 Å². The molecular formula is C134H164N6. The number of hydrogen-bond acceptors (Lipinski definition) is 1. The van der Waals surface area contributed by atoms with Gasteiger partial charge in [0.15, 0.2) is 0 Å². The van der Waals surface area contributed by atoms with Crippen LogP contribution >= 0.6 is 0 Å². The van der Waals surface area contributed by atoms with Gasteiger partial charge in [0.25, 0.3) is 0 Å². The summed E-state index contributed by atoms with van der Waals surface area (Å²) in [6.07, 6.45) is 1.04. The Kier molecular flexibility index (Phi) is 39.7. The first kappa shape index (κ1) is 110. The maximum atomic E-state index is 2.49. The predicted octanol–water partition coefficient (Wildman–Crippen LogP) is 41.1. The summed E-state index contributed by atoms with van der Waals surface area (Å²) in [6, 6.07) is 135. The van der Waals surface area contributed by atoms with Crippen LogP contribution in [0.5, 0.6) is 0 Å². The van der Waals surface area contributed by atoms with E-state index in [2.05, 4.69) is 522 Å². The van der Waals surface area contributed by atoms with E-state index in [0.717, 1.165) is 6.42 Å². The maximum absolute atomic E-state index is 2.49. The van der Waals surface area contributed by atoms with Crippen LogP contribution in [0.25, 0.3) is 137 Å². The lowest BCUT2D eigenvalue weighted by atomic mass is 9.85. The SMILES string of the molecule is CC.CC.CC.CC.CC.CC.CC.CC.CC(C)(C)N1c2ccccc2Cc2ccccc21.CC(C)(C)c1cccc(-n2c3ccccc3c3ccccc32)c1.CC(C)(C)c1ccccc1-n1c2ccccc2c2ccccc21.CC(C)(C)n1c2ccccc2c2ccc3ccccc3c21.CC(C)(C)n1c2ccccc2c2ccccc21.CC(C)c1ccc(-n2c3ccccc3c3ccccc32)cc1. The first-order chi connectivity index (χ1) is 67.6. The number of hydrogen-bond donors (Lipinski definition) is 0. The zero-order chi connectivity index (χ0) is 103. The van der Waals surface area contributed by atoms with Crippen LogP contribution in [-0.4, -0.2) is 28.4 Å². The molecular weight excluding hydrogens is 1690 g/mol. The Bertz CT molecular complexity index is 7200. The molecule has 6 nitrogen and oxygen atoms in total. The second-order valence-corrected chi connectivity index (χ2v) is 38.6. The molecule has 0 saturated carbocycles. The van der Waals surface area contributed by atoms with Gasteiger partial charge in [-0.25, -0.2) is 0 Å². The third-order valence-corrected chi connectivity index (χ3v) is 24.5. The van der Waals surface area contributed by atoms with E-state index in [0.29, 0.717) is 5.92 Å². The van der Waals surface area contributed by atoms with Crippen molar-refractivity contribution in [2.75, 3.05) is 4.90 Å². The first-order valence-corrected chi connectivity index (χ1v) is 52.2. The van der Waals surface area contributed by atoms with Gasteiger partial charge in [-0.1, -0.05) is 445 Å². The van der Waals surface area contributed by atoms with Crippen LogP contribution in [0.15, 0.2) is 376 Å². The fraction of sp³-hybridized carbons (Fsp3) is 0.299. The summed E-state index contributed by atoms with van der Waals surface area (Å²) in [5, 5.41) is 15.9. The molecule has 22 rings (SSSR count). The zero-order valence-electron chi connectivity index (χ0n) is 91.3. The van der Waals surface area contributed by atoms with E-state index in [1.807, 2.05) is 111 Å². The van der Waals surface area contributed by atoms with Gasteiger partial charge < -0.3 is 27.7 Å². The lowest BCUT2D eigenvalue weighted by Gasteiger charge is -2.42. The molecule has 0 fully saturated rings. The van der Waals surface area contributed by atoms with Crippen molar-refractivity contribution in [2.24, 2.45) is 0 Å².